The highest BCUT2D eigenvalue weighted by molar-refractivity contribution is 6.18. The normalized spacial score (nSPS) is 11.6. The summed E-state index contributed by atoms with van der Waals surface area (Å²) < 4.78 is 6.46. The Bertz CT molecular complexity index is 2520. The summed E-state index contributed by atoms with van der Waals surface area (Å²) in [5.41, 5.74) is 8.73. The Hall–Kier alpha value is -6.13. The van der Waals surface area contributed by atoms with Gasteiger partial charge in [0, 0.05) is 27.5 Å². The Morgan fingerprint density at radius 2 is 0.978 bits per heavy atom. The number of oxazole rings is 1. The summed E-state index contributed by atoms with van der Waals surface area (Å²) in [4.78, 5) is 14.9. The van der Waals surface area contributed by atoms with E-state index in [1.807, 2.05) is 60.7 Å². The molecule has 0 bridgehead atoms. The standard InChI is InChI=1S/C41H25N3O/c1-4-10-28(11-5-1)38-34-25-32(21-22-35(34)42-40(44-38)29-12-6-2-7-13-29)31-19-17-26-16-18-27-20-23-36-39(37(27)33(26)24-31)45-41(43-36)30-14-8-3-9-15-30/h1-25H. The Morgan fingerprint density at radius 3 is 1.73 bits per heavy atom. The summed E-state index contributed by atoms with van der Waals surface area (Å²) in [5.74, 6) is 1.35. The molecular weight excluding hydrogens is 550 g/mol. The van der Waals surface area contributed by atoms with Gasteiger partial charge in [-0.1, -0.05) is 115 Å². The van der Waals surface area contributed by atoms with Crippen LogP contribution in [0.2, 0.25) is 0 Å². The van der Waals surface area contributed by atoms with Crippen LogP contribution < -0.4 is 0 Å². The van der Waals surface area contributed by atoms with Crippen LogP contribution in [0.15, 0.2) is 156 Å². The second-order valence-corrected chi connectivity index (χ2v) is 11.3. The molecule has 0 unspecified atom stereocenters. The van der Waals surface area contributed by atoms with Crippen LogP contribution in [-0.2, 0) is 0 Å². The summed E-state index contributed by atoms with van der Waals surface area (Å²) in [7, 11) is 0. The molecule has 0 N–H and O–H groups in total. The van der Waals surface area contributed by atoms with Gasteiger partial charge >= 0.3 is 0 Å². The van der Waals surface area contributed by atoms with Crippen molar-refractivity contribution in [1.29, 1.82) is 0 Å². The van der Waals surface area contributed by atoms with Crippen molar-refractivity contribution >= 4 is 43.5 Å². The SMILES string of the molecule is c1ccc(-c2nc(-c3ccccc3)c3cc(-c4ccc5ccc6ccc7nc(-c8ccccc8)oc7c6c5c4)ccc3n2)cc1. The molecule has 0 saturated carbocycles. The van der Waals surface area contributed by atoms with Crippen LogP contribution in [0.25, 0.3) is 88.8 Å². The first-order valence-corrected chi connectivity index (χ1v) is 15.0. The molecule has 2 aromatic heterocycles. The monoisotopic (exact) mass is 575 g/mol. The second kappa shape index (κ2) is 10.2. The molecule has 4 heteroatoms. The Kier molecular flexibility index (Phi) is 5.78. The van der Waals surface area contributed by atoms with E-state index in [9.17, 15) is 0 Å². The van der Waals surface area contributed by atoms with E-state index in [1.54, 1.807) is 0 Å². The molecule has 7 aromatic carbocycles. The summed E-state index contributed by atoms with van der Waals surface area (Å²) in [6, 6.07) is 52.2. The molecule has 9 rings (SSSR count). The van der Waals surface area contributed by atoms with E-state index in [1.165, 1.54) is 0 Å². The minimum Gasteiger partial charge on any atom is -0.435 e. The lowest BCUT2D eigenvalue weighted by atomic mass is 9.95. The van der Waals surface area contributed by atoms with Gasteiger partial charge in [-0.3, -0.25) is 0 Å². The van der Waals surface area contributed by atoms with Crippen LogP contribution in [0.5, 0.6) is 0 Å². The zero-order valence-corrected chi connectivity index (χ0v) is 24.2. The number of benzene rings is 7. The highest BCUT2D eigenvalue weighted by Gasteiger charge is 2.16. The maximum absolute atomic E-state index is 6.46. The number of nitrogens with zero attached hydrogens (tertiary/aromatic N) is 3. The van der Waals surface area contributed by atoms with Gasteiger partial charge in [0.15, 0.2) is 11.4 Å². The number of rotatable bonds is 4. The minimum atomic E-state index is 0.629. The average Bonchev–Trinajstić information content (AvgIpc) is 3.56. The summed E-state index contributed by atoms with van der Waals surface area (Å²) in [5, 5.41) is 5.49. The van der Waals surface area contributed by atoms with E-state index in [-0.39, 0.29) is 0 Å². The van der Waals surface area contributed by atoms with Crippen LogP contribution in [-0.4, -0.2) is 15.0 Å². The average molecular weight is 576 g/mol. The van der Waals surface area contributed by atoms with Gasteiger partial charge in [0.05, 0.1) is 11.2 Å². The van der Waals surface area contributed by atoms with E-state index >= 15 is 0 Å². The topological polar surface area (TPSA) is 51.8 Å². The predicted molar refractivity (Wildman–Crippen MR) is 184 cm³/mol. The smallest absolute Gasteiger partial charge is 0.227 e. The Morgan fingerprint density at radius 1 is 0.400 bits per heavy atom. The molecular formula is C41H25N3O. The van der Waals surface area contributed by atoms with E-state index in [4.69, 9.17) is 19.4 Å². The first-order valence-electron chi connectivity index (χ1n) is 15.0. The number of hydrogen-bond donors (Lipinski definition) is 0. The summed E-state index contributed by atoms with van der Waals surface area (Å²) in [6.45, 7) is 0. The first-order chi connectivity index (χ1) is 22.3. The third kappa shape index (κ3) is 4.35. The van der Waals surface area contributed by atoms with Crippen molar-refractivity contribution < 1.29 is 4.42 Å². The molecule has 0 atom stereocenters. The fourth-order valence-electron chi connectivity index (χ4n) is 6.25. The zero-order chi connectivity index (χ0) is 29.7. The number of aromatic nitrogens is 3. The third-order valence-corrected chi connectivity index (χ3v) is 8.48. The van der Waals surface area contributed by atoms with Crippen molar-refractivity contribution in [3.8, 4) is 45.2 Å². The summed E-state index contributed by atoms with van der Waals surface area (Å²) >= 11 is 0. The van der Waals surface area contributed by atoms with Gasteiger partial charge < -0.3 is 4.42 Å². The van der Waals surface area contributed by atoms with Crippen molar-refractivity contribution in [2.75, 3.05) is 0 Å². The fourth-order valence-corrected chi connectivity index (χ4v) is 6.25. The molecule has 0 amide bonds. The largest absolute Gasteiger partial charge is 0.435 e. The van der Waals surface area contributed by atoms with E-state index in [2.05, 4.69) is 91.0 Å². The molecule has 0 spiro atoms. The lowest BCUT2D eigenvalue weighted by Crippen LogP contribution is -1.95. The minimum absolute atomic E-state index is 0.629. The highest BCUT2D eigenvalue weighted by Crippen LogP contribution is 2.38. The van der Waals surface area contributed by atoms with Gasteiger partial charge in [0.1, 0.15) is 5.52 Å². The predicted octanol–water partition coefficient (Wildman–Crippen LogP) is 10.7. The molecule has 4 nitrogen and oxygen atoms in total. The van der Waals surface area contributed by atoms with Gasteiger partial charge in [-0.15, -0.1) is 0 Å². The van der Waals surface area contributed by atoms with E-state index in [0.717, 1.165) is 82.9 Å². The van der Waals surface area contributed by atoms with Crippen LogP contribution >= 0.6 is 0 Å². The zero-order valence-electron chi connectivity index (χ0n) is 24.2. The molecule has 210 valence electrons. The lowest BCUT2D eigenvalue weighted by Gasteiger charge is -2.12. The lowest BCUT2D eigenvalue weighted by molar-refractivity contribution is 0.623. The van der Waals surface area contributed by atoms with Crippen molar-refractivity contribution in [3.63, 3.8) is 0 Å². The molecule has 0 aliphatic carbocycles. The van der Waals surface area contributed by atoms with E-state index < -0.39 is 0 Å². The maximum Gasteiger partial charge on any atom is 0.227 e. The highest BCUT2D eigenvalue weighted by atomic mass is 16.3. The molecule has 0 radical (unpaired) electrons. The van der Waals surface area contributed by atoms with Gasteiger partial charge in [-0.05, 0) is 63.7 Å². The van der Waals surface area contributed by atoms with Crippen molar-refractivity contribution in [2.24, 2.45) is 0 Å². The van der Waals surface area contributed by atoms with Gasteiger partial charge in [-0.25, -0.2) is 15.0 Å². The van der Waals surface area contributed by atoms with Crippen molar-refractivity contribution in [1.82, 2.24) is 15.0 Å². The van der Waals surface area contributed by atoms with Gasteiger partial charge in [-0.2, -0.15) is 0 Å². The Balaban J connectivity index is 1.24. The summed E-state index contributed by atoms with van der Waals surface area (Å²) in [6.07, 6.45) is 0. The number of hydrogen-bond acceptors (Lipinski definition) is 4. The second-order valence-electron chi connectivity index (χ2n) is 11.3. The van der Waals surface area contributed by atoms with Gasteiger partial charge in [0.2, 0.25) is 5.89 Å². The quantitative estimate of drug-likeness (QED) is 0.196. The van der Waals surface area contributed by atoms with Crippen molar-refractivity contribution in [2.45, 2.75) is 0 Å². The van der Waals surface area contributed by atoms with E-state index in [0.29, 0.717) is 5.89 Å². The van der Waals surface area contributed by atoms with Crippen LogP contribution in [0.3, 0.4) is 0 Å². The molecule has 0 aliphatic heterocycles. The maximum atomic E-state index is 6.46. The Labute approximate surface area is 259 Å². The molecule has 2 heterocycles. The molecule has 0 saturated heterocycles. The van der Waals surface area contributed by atoms with Crippen LogP contribution in [0.1, 0.15) is 0 Å². The third-order valence-electron chi connectivity index (χ3n) is 8.48. The molecule has 0 aliphatic rings. The van der Waals surface area contributed by atoms with Crippen LogP contribution in [0.4, 0.5) is 0 Å². The fraction of sp³-hybridized carbons (Fsp3) is 0. The van der Waals surface area contributed by atoms with Gasteiger partial charge in [0.25, 0.3) is 0 Å². The first kappa shape index (κ1) is 25.4. The number of fused-ring (bicyclic) bond motifs is 6. The molecule has 45 heavy (non-hydrogen) atoms. The molecule has 9 aromatic rings. The molecule has 0 fully saturated rings. The van der Waals surface area contributed by atoms with Crippen LogP contribution in [0, 0.1) is 0 Å². The van der Waals surface area contributed by atoms with Crippen molar-refractivity contribution in [3.05, 3.63) is 152 Å².